The number of rotatable bonds is 4. The molecule has 2 rings (SSSR count). The molecule has 0 atom stereocenters. The summed E-state index contributed by atoms with van der Waals surface area (Å²) in [6.45, 7) is 5.66. The molecule has 5 nitrogen and oxygen atoms in total. The molecular formula is C14H20N2O3. The van der Waals surface area contributed by atoms with Gasteiger partial charge in [0, 0.05) is 6.54 Å². The van der Waals surface area contributed by atoms with Crippen LogP contribution in [0.2, 0.25) is 0 Å². The minimum Gasteiger partial charge on any atom is -0.490 e. The predicted molar refractivity (Wildman–Crippen MR) is 73.3 cm³/mol. The van der Waals surface area contributed by atoms with Crippen molar-refractivity contribution in [2.24, 2.45) is 5.73 Å². The number of hydrogen-bond donors (Lipinski definition) is 1. The zero-order valence-corrected chi connectivity index (χ0v) is 11.4. The fourth-order valence-electron chi connectivity index (χ4n) is 2.07. The SMILES string of the molecule is CC(C)OC(=O)CN1CCOc2cc(CN)ccc21. The number of fused-ring (bicyclic) bond motifs is 1. The Morgan fingerprint density at radius 3 is 3.00 bits per heavy atom. The molecule has 0 saturated heterocycles. The van der Waals surface area contributed by atoms with Gasteiger partial charge in [-0.25, -0.2) is 0 Å². The summed E-state index contributed by atoms with van der Waals surface area (Å²) in [7, 11) is 0. The molecule has 0 fully saturated rings. The molecular weight excluding hydrogens is 244 g/mol. The van der Waals surface area contributed by atoms with Crippen LogP contribution in [-0.2, 0) is 16.1 Å². The van der Waals surface area contributed by atoms with Crippen molar-refractivity contribution in [3.63, 3.8) is 0 Å². The molecule has 19 heavy (non-hydrogen) atoms. The molecule has 0 unspecified atom stereocenters. The topological polar surface area (TPSA) is 64.8 Å². The van der Waals surface area contributed by atoms with Crippen LogP contribution in [0, 0.1) is 0 Å². The van der Waals surface area contributed by atoms with E-state index in [2.05, 4.69) is 0 Å². The van der Waals surface area contributed by atoms with Gasteiger partial charge in [0.05, 0.1) is 18.3 Å². The number of hydrogen-bond acceptors (Lipinski definition) is 5. The van der Waals surface area contributed by atoms with Crippen LogP contribution in [0.1, 0.15) is 19.4 Å². The van der Waals surface area contributed by atoms with Gasteiger partial charge in [0.15, 0.2) is 0 Å². The highest BCUT2D eigenvalue weighted by Crippen LogP contribution is 2.32. The van der Waals surface area contributed by atoms with Gasteiger partial charge in [-0.3, -0.25) is 4.79 Å². The summed E-state index contributed by atoms with van der Waals surface area (Å²) in [6, 6.07) is 5.82. The summed E-state index contributed by atoms with van der Waals surface area (Å²) in [5, 5.41) is 0. The predicted octanol–water partition coefficient (Wildman–Crippen LogP) is 1.30. The molecule has 1 aromatic rings. The Bertz CT molecular complexity index is 460. The summed E-state index contributed by atoms with van der Waals surface area (Å²) in [6.07, 6.45) is -0.0902. The van der Waals surface area contributed by atoms with Gasteiger partial charge >= 0.3 is 5.97 Å². The van der Waals surface area contributed by atoms with Crippen molar-refractivity contribution in [3.8, 4) is 5.75 Å². The number of carbonyl (C=O) groups is 1. The van der Waals surface area contributed by atoms with Gasteiger partial charge in [-0.15, -0.1) is 0 Å². The molecule has 0 saturated carbocycles. The van der Waals surface area contributed by atoms with Crippen LogP contribution in [0.15, 0.2) is 18.2 Å². The van der Waals surface area contributed by atoms with Crippen LogP contribution in [-0.4, -0.2) is 31.8 Å². The van der Waals surface area contributed by atoms with E-state index >= 15 is 0 Å². The summed E-state index contributed by atoms with van der Waals surface area (Å²) in [4.78, 5) is 13.7. The number of ether oxygens (including phenoxy) is 2. The van der Waals surface area contributed by atoms with Gasteiger partial charge in [0.25, 0.3) is 0 Å². The van der Waals surface area contributed by atoms with Crippen molar-refractivity contribution < 1.29 is 14.3 Å². The van der Waals surface area contributed by atoms with Crippen molar-refractivity contribution in [1.82, 2.24) is 0 Å². The molecule has 0 amide bonds. The highest BCUT2D eigenvalue weighted by atomic mass is 16.5. The van der Waals surface area contributed by atoms with E-state index in [1.807, 2.05) is 36.9 Å². The lowest BCUT2D eigenvalue weighted by Crippen LogP contribution is -2.38. The molecule has 1 aromatic carbocycles. The van der Waals surface area contributed by atoms with Crippen LogP contribution in [0.5, 0.6) is 5.75 Å². The lowest BCUT2D eigenvalue weighted by Gasteiger charge is -2.30. The molecule has 104 valence electrons. The normalized spacial score (nSPS) is 14.0. The van der Waals surface area contributed by atoms with E-state index in [4.69, 9.17) is 15.2 Å². The average molecular weight is 264 g/mol. The quantitative estimate of drug-likeness (QED) is 0.830. The van der Waals surface area contributed by atoms with Crippen molar-refractivity contribution in [1.29, 1.82) is 0 Å². The number of nitrogens with two attached hydrogens (primary N) is 1. The second kappa shape index (κ2) is 5.93. The second-order valence-electron chi connectivity index (χ2n) is 4.81. The first-order valence-electron chi connectivity index (χ1n) is 6.50. The zero-order chi connectivity index (χ0) is 13.8. The third-order valence-corrected chi connectivity index (χ3v) is 2.91. The van der Waals surface area contributed by atoms with Crippen LogP contribution in [0.4, 0.5) is 5.69 Å². The van der Waals surface area contributed by atoms with Crippen LogP contribution < -0.4 is 15.4 Å². The molecule has 5 heteroatoms. The number of benzene rings is 1. The molecule has 2 N–H and O–H groups in total. The first kappa shape index (κ1) is 13.7. The minimum atomic E-state index is -0.217. The lowest BCUT2D eigenvalue weighted by molar-refractivity contribution is -0.145. The molecule has 0 spiro atoms. The Labute approximate surface area is 113 Å². The molecule has 1 heterocycles. The van der Waals surface area contributed by atoms with E-state index in [0.29, 0.717) is 19.7 Å². The molecule has 0 aromatic heterocycles. The van der Waals surface area contributed by atoms with Crippen molar-refractivity contribution >= 4 is 11.7 Å². The van der Waals surface area contributed by atoms with Gasteiger partial charge in [-0.05, 0) is 31.5 Å². The lowest BCUT2D eigenvalue weighted by atomic mass is 10.1. The van der Waals surface area contributed by atoms with Gasteiger partial charge in [0.1, 0.15) is 18.9 Å². The highest BCUT2D eigenvalue weighted by molar-refractivity contribution is 5.77. The first-order chi connectivity index (χ1) is 9.10. The van der Waals surface area contributed by atoms with Crippen LogP contribution in [0.3, 0.4) is 0 Å². The summed E-state index contributed by atoms with van der Waals surface area (Å²) in [5.41, 5.74) is 7.55. The van der Waals surface area contributed by atoms with E-state index in [1.165, 1.54) is 0 Å². The maximum absolute atomic E-state index is 11.7. The molecule has 1 aliphatic heterocycles. The van der Waals surface area contributed by atoms with E-state index in [1.54, 1.807) is 0 Å². The fourth-order valence-corrected chi connectivity index (χ4v) is 2.07. The number of anilines is 1. The summed E-state index contributed by atoms with van der Waals surface area (Å²) in [5.74, 6) is 0.567. The Morgan fingerprint density at radius 2 is 2.32 bits per heavy atom. The summed E-state index contributed by atoms with van der Waals surface area (Å²) >= 11 is 0. The maximum Gasteiger partial charge on any atom is 0.325 e. The Hall–Kier alpha value is -1.75. The van der Waals surface area contributed by atoms with Crippen LogP contribution in [0.25, 0.3) is 0 Å². The number of carbonyl (C=O) groups excluding carboxylic acids is 1. The Morgan fingerprint density at radius 1 is 1.53 bits per heavy atom. The number of esters is 1. The highest BCUT2D eigenvalue weighted by Gasteiger charge is 2.21. The Balaban J connectivity index is 2.11. The zero-order valence-electron chi connectivity index (χ0n) is 11.4. The van der Waals surface area contributed by atoms with E-state index in [-0.39, 0.29) is 18.6 Å². The fraction of sp³-hybridized carbons (Fsp3) is 0.500. The minimum absolute atomic E-state index is 0.0902. The molecule has 0 radical (unpaired) electrons. The first-order valence-corrected chi connectivity index (χ1v) is 6.50. The largest absolute Gasteiger partial charge is 0.490 e. The van der Waals surface area contributed by atoms with Crippen molar-refractivity contribution in [2.45, 2.75) is 26.5 Å². The Kier molecular flexibility index (Phi) is 4.27. The number of nitrogens with zero attached hydrogens (tertiary/aromatic N) is 1. The second-order valence-corrected chi connectivity index (χ2v) is 4.81. The van der Waals surface area contributed by atoms with Gasteiger partial charge in [0.2, 0.25) is 0 Å². The average Bonchev–Trinajstić information content (AvgIpc) is 2.37. The summed E-state index contributed by atoms with van der Waals surface area (Å²) < 4.78 is 10.8. The molecule has 0 bridgehead atoms. The van der Waals surface area contributed by atoms with Crippen LogP contribution >= 0.6 is 0 Å². The molecule has 0 aliphatic carbocycles. The van der Waals surface area contributed by atoms with Gasteiger partial charge in [-0.2, -0.15) is 0 Å². The van der Waals surface area contributed by atoms with Crippen molar-refractivity contribution in [2.75, 3.05) is 24.6 Å². The monoisotopic (exact) mass is 264 g/mol. The third kappa shape index (κ3) is 3.38. The van der Waals surface area contributed by atoms with E-state index in [0.717, 1.165) is 17.0 Å². The van der Waals surface area contributed by atoms with E-state index < -0.39 is 0 Å². The standard InChI is InChI=1S/C14H20N2O3/c1-10(2)19-14(17)9-16-5-6-18-13-7-11(8-15)3-4-12(13)16/h3-4,7,10H,5-6,8-9,15H2,1-2H3. The smallest absolute Gasteiger partial charge is 0.325 e. The molecule has 1 aliphatic rings. The van der Waals surface area contributed by atoms with Gasteiger partial charge < -0.3 is 20.1 Å². The van der Waals surface area contributed by atoms with Gasteiger partial charge in [-0.1, -0.05) is 6.07 Å². The third-order valence-electron chi connectivity index (χ3n) is 2.91. The van der Waals surface area contributed by atoms with E-state index in [9.17, 15) is 4.79 Å². The maximum atomic E-state index is 11.7. The van der Waals surface area contributed by atoms with Crippen molar-refractivity contribution in [3.05, 3.63) is 23.8 Å².